The van der Waals surface area contributed by atoms with Crippen LogP contribution in [-0.4, -0.2) is 29.5 Å². The van der Waals surface area contributed by atoms with Gasteiger partial charge in [-0.15, -0.1) is 11.3 Å². The van der Waals surface area contributed by atoms with Crippen LogP contribution >= 0.6 is 11.3 Å². The molecular weight excluding hydrogens is 378 g/mol. The molecule has 0 saturated heterocycles. The molecular formula is C20H19N3O4S. The van der Waals surface area contributed by atoms with Crippen molar-refractivity contribution in [2.45, 2.75) is 12.8 Å². The van der Waals surface area contributed by atoms with Crippen molar-refractivity contribution in [2.24, 2.45) is 0 Å². The summed E-state index contributed by atoms with van der Waals surface area (Å²) >= 11 is 1.56. The molecule has 0 aliphatic heterocycles. The summed E-state index contributed by atoms with van der Waals surface area (Å²) < 4.78 is 5.16. The van der Waals surface area contributed by atoms with Crippen molar-refractivity contribution in [3.8, 4) is 16.3 Å². The lowest BCUT2D eigenvalue weighted by Crippen LogP contribution is -2.27. The fourth-order valence-corrected chi connectivity index (χ4v) is 3.46. The number of carbonyl (C=O) groups is 1. The van der Waals surface area contributed by atoms with E-state index in [4.69, 9.17) is 4.74 Å². The molecule has 28 heavy (non-hydrogen) atoms. The smallest absolute Gasteiger partial charge is 0.269 e. The fraction of sp³-hybridized carbons (Fsp3) is 0.200. The molecule has 0 fully saturated rings. The summed E-state index contributed by atoms with van der Waals surface area (Å²) in [7, 11) is 1.63. The summed E-state index contributed by atoms with van der Waals surface area (Å²) in [6.45, 7) is 0.484. The van der Waals surface area contributed by atoms with Crippen molar-refractivity contribution < 1.29 is 14.5 Å². The van der Waals surface area contributed by atoms with Gasteiger partial charge in [0.15, 0.2) is 0 Å². The third kappa shape index (κ3) is 5.14. The van der Waals surface area contributed by atoms with Gasteiger partial charge in [-0.2, -0.15) is 0 Å². The van der Waals surface area contributed by atoms with E-state index in [1.807, 2.05) is 29.6 Å². The van der Waals surface area contributed by atoms with E-state index in [1.165, 1.54) is 12.1 Å². The Bertz CT molecular complexity index is 952. The zero-order chi connectivity index (χ0) is 19.9. The van der Waals surface area contributed by atoms with Crippen molar-refractivity contribution >= 4 is 22.9 Å². The second kappa shape index (κ2) is 9.09. The lowest BCUT2D eigenvalue weighted by Gasteiger charge is -2.04. The van der Waals surface area contributed by atoms with Gasteiger partial charge in [0.1, 0.15) is 10.8 Å². The largest absolute Gasteiger partial charge is 0.497 e. The standard InChI is InChI=1S/C20H19N3O4S/c1-27-18-8-4-15(5-9-18)20-22-16(13-28-20)10-11-21-19(24)12-14-2-6-17(7-3-14)23(25)26/h2-9,13H,10-12H2,1H3,(H,21,24). The number of ether oxygens (including phenoxy) is 1. The van der Waals surface area contributed by atoms with Gasteiger partial charge < -0.3 is 10.1 Å². The first-order valence-electron chi connectivity index (χ1n) is 8.64. The molecule has 1 heterocycles. The molecule has 0 atom stereocenters. The maximum atomic E-state index is 12.0. The van der Waals surface area contributed by atoms with Crippen LogP contribution in [0.3, 0.4) is 0 Å². The van der Waals surface area contributed by atoms with Crippen LogP contribution in [0.25, 0.3) is 10.6 Å². The van der Waals surface area contributed by atoms with Gasteiger partial charge in [-0.1, -0.05) is 12.1 Å². The average Bonchev–Trinajstić information content (AvgIpc) is 3.17. The van der Waals surface area contributed by atoms with E-state index in [-0.39, 0.29) is 18.0 Å². The number of hydrogen-bond acceptors (Lipinski definition) is 6. The van der Waals surface area contributed by atoms with E-state index in [0.29, 0.717) is 13.0 Å². The van der Waals surface area contributed by atoms with E-state index in [9.17, 15) is 14.9 Å². The number of amides is 1. The van der Waals surface area contributed by atoms with E-state index < -0.39 is 4.92 Å². The molecule has 0 aliphatic rings. The third-order valence-corrected chi connectivity index (χ3v) is 5.04. The van der Waals surface area contributed by atoms with Gasteiger partial charge in [-0.3, -0.25) is 14.9 Å². The Labute approximate surface area is 166 Å². The molecule has 3 rings (SSSR count). The maximum absolute atomic E-state index is 12.0. The third-order valence-electron chi connectivity index (χ3n) is 4.10. The summed E-state index contributed by atoms with van der Waals surface area (Å²) in [5.41, 5.74) is 2.70. The van der Waals surface area contributed by atoms with Gasteiger partial charge in [0.05, 0.1) is 24.1 Å². The lowest BCUT2D eigenvalue weighted by atomic mass is 10.1. The summed E-state index contributed by atoms with van der Waals surface area (Å²) in [5.74, 6) is 0.677. The second-order valence-corrected chi connectivity index (χ2v) is 6.93. The molecule has 0 unspecified atom stereocenters. The molecule has 0 bridgehead atoms. The SMILES string of the molecule is COc1ccc(-c2nc(CCNC(=O)Cc3ccc([N+](=O)[O-])cc3)cs2)cc1. The average molecular weight is 397 g/mol. The first kappa shape index (κ1) is 19.5. The van der Waals surface area contributed by atoms with Crippen molar-refractivity contribution in [1.82, 2.24) is 10.3 Å². The minimum absolute atomic E-state index is 0.0142. The molecule has 8 heteroatoms. The summed E-state index contributed by atoms with van der Waals surface area (Å²) in [6, 6.07) is 13.7. The number of non-ortho nitro benzene ring substituents is 1. The van der Waals surface area contributed by atoms with E-state index >= 15 is 0 Å². The number of nitrogens with zero attached hydrogens (tertiary/aromatic N) is 2. The first-order valence-corrected chi connectivity index (χ1v) is 9.52. The first-order chi connectivity index (χ1) is 13.5. The van der Waals surface area contributed by atoms with Crippen LogP contribution in [0.2, 0.25) is 0 Å². The predicted octanol–water partition coefficient (Wildman–Crippen LogP) is 3.63. The van der Waals surface area contributed by atoms with Crippen LogP contribution < -0.4 is 10.1 Å². The highest BCUT2D eigenvalue weighted by atomic mass is 32.1. The molecule has 1 N–H and O–H groups in total. The van der Waals surface area contributed by atoms with E-state index in [2.05, 4.69) is 10.3 Å². The summed E-state index contributed by atoms with van der Waals surface area (Å²) in [6.07, 6.45) is 0.824. The Morgan fingerprint density at radius 1 is 1.18 bits per heavy atom. The van der Waals surface area contributed by atoms with Crippen molar-refractivity contribution in [3.05, 3.63) is 75.3 Å². The molecule has 7 nitrogen and oxygen atoms in total. The van der Waals surface area contributed by atoms with Crippen molar-refractivity contribution in [1.29, 1.82) is 0 Å². The van der Waals surface area contributed by atoms with Gasteiger partial charge in [-0.25, -0.2) is 4.98 Å². The Hall–Kier alpha value is -3.26. The number of aromatic nitrogens is 1. The highest BCUT2D eigenvalue weighted by Gasteiger charge is 2.08. The van der Waals surface area contributed by atoms with Crippen LogP contribution in [0.5, 0.6) is 5.75 Å². The highest BCUT2D eigenvalue weighted by Crippen LogP contribution is 2.25. The van der Waals surface area contributed by atoms with E-state index in [0.717, 1.165) is 27.6 Å². The topological polar surface area (TPSA) is 94.4 Å². The zero-order valence-electron chi connectivity index (χ0n) is 15.3. The Kier molecular flexibility index (Phi) is 6.33. The van der Waals surface area contributed by atoms with Gasteiger partial charge >= 0.3 is 0 Å². The molecule has 0 spiro atoms. The number of thiazole rings is 1. The van der Waals surface area contributed by atoms with Gasteiger partial charge in [0.25, 0.3) is 5.69 Å². The van der Waals surface area contributed by atoms with Crippen molar-refractivity contribution in [2.75, 3.05) is 13.7 Å². The van der Waals surface area contributed by atoms with Crippen LogP contribution in [0.4, 0.5) is 5.69 Å². The number of nitro benzene ring substituents is 1. The summed E-state index contributed by atoms with van der Waals surface area (Å²) in [4.78, 5) is 26.8. The highest BCUT2D eigenvalue weighted by molar-refractivity contribution is 7.13. The number of benzene rings is 2. The van der Waals surface area contributed by atoms with Crippen LogP contribution in [0.15, 0.2) is 53.9 Å². The minimum atomic E-state index is -0.460. The number of nitrogens with one attached hydrogen (secondary N) is 1. The molecule has 3 aromatic rings. The molecule has 0 radical (unpaired) electrons. The van der Waals surface area contributed by atoms with Crippen LogP contribution in [-0.2, 0) is 17.6 Å². The number of carbonyl (C=O) groups excluding carboxylic acids is 1. The number of rotatable bonds is 8. The fourth-order valence-electron chi connectivity index (χ4n) is 2.60. The van der Waals surface area contributed by atoms with Gasteiger partial charge in [0.2, 0.25) is 5.91 Å². The molecule has 0 aliphatic carbocycles. The monoisotopic (exact) mass is 397 g/mol. The quantitative estimate of drug-likeness (QED) is 0.463. The van der Waals surface area contributed by atoms with Crippen LogP contribution in [0.1, 0.15) is 11.3 Å². The van der Waals surface area contributed by atoms with Gasteiger partial charge in [-0.05, 0) is 29.8 Å². The normalized spacial score (nSPS) is 10.5. The second-order valence-electron chi connectivity index (χ2n) is 6.07. The molecule has 0 saturated carbocycles. The molecule has 2 aromatic carbocycles. The molecule has 144 valence electrons. The number of nitro groups is 1. The minimum Gasteiger partial charge on any atom is -0.497 e. The summed E-state index contributed by atoms with van der Waals surface area (Å²) in [5, 5.41) is 16.4. The lowest BCUT2D eigenvalue weighted by molar-refractivity contribution is -0.384. The maximum Gasteiger partial charge on any atom is 0.269 e. The predicted molar refractivity (Wildman–Crippen MR) is 108 cm³/mol. The Morgan fingerprint density at radius 3 is 2.54 bits per heavy atom. The zero-order valence-corrected chi connectivity index (χ0v) is 16.1. The molecule has 1 aromatic heterocycles. The Morgan fingerprint density at radius 2 is 1.89 bits per heavy atom. The Balaban J connectivity index is 1.47. The number of hydrogen-bond donors (Lipinski definition) is 1. The van der Waals surface area contributed by atoms with Gasteiger partial charge in [0, 0.05) is 36.0 Å². The molecule has 1 amide bonds. The van der Waals surface area contributed by atoms with Crippen molar-refractivity contribution in [3.63, 3.8) is 0 Å². The number of methoxy groups -OCH3 is 1. The van der Waals surface area contributed by atoms with Crippen LogP contribution in [0, 0.1) is 10.1 Å². The van der Waals surface area contributed by atoms with E-state index in [1.54, 1.807) is 30.6 Å².